The van der Waals surface area contributed by atoms with Gasteiger partial charge < -0.3 is 5.32 Å². The lowest BCUT2D eigenvalue weighted by Gasteiger charge is -2.33. The Morgan fingerprint density at radius 3 is 3.00 bits per heavy atom. The van der Waals surface area contributed by atoms with Gasteiger partial charge in [-0.1, -0.05) is 30.3 Å². The van der Waals surface area contributed by atoms with E-state index in [0.717, 1.165) is 31.2 Å². The quantitative estimate of drug-likeness (QED) is 0.931. The van der Waals surface area contributed by atoms with Crippen LogP contribution < -0.4 is 5.32 Å². The number of hydrogen-bond acceptors (Lipinski definition) is 4. The van der Waals surface area contributed by atoms with Crippen molar-refractivity contribution < 1.29 is 0 Å². The average molecular weight is 273 g/mol. The molecule has 1 saturated heterocycles. The van der Waals surface area contributed by atoms with Gasteiger partial charge in [0.05, 0.1) is 5.69 Å². The molecule has 0 bridgehead atoms. The first-order valence-electron chi connectivity index (χ1n) is 6.77. The number of nitrogens with zero attached hydrogens (tertiary/aromatic N) is 2. The molecule has 3 rings (SSSR count). The van der Waals surface area contributed by atoms with Crippen LogP contribution in [0, 0.1) is 0 Å². The number of aromatic nitrogens is 1. The summed E-state index contributed by atoms with van der Waals surface area (Å²) in [5, 5.41) is 6.74. The lowest BCUT2D eigenvalue weighted by molar-refractivity contribution is 0.164. The summed E-state index contributed by atoms with van der Waals surface area (Å²) in [5.41, 5.74) is 2.41. The van der Waals surface area contributed by atoms with Gasteiger partial charge in [0.25, 0.3) is 0 Å². The Kier molecular flexibility index (Phi) is 3.92. The fraction of sp³-hybridized carbons (Fsp3) is 0.400. The van der Waals surface area contributed by atoms with Crippen molar-refractivity contribution in [2.45, 2.75) is 19.5 Å². The SMILES string of the molecule is C[C@H]1CNCCN1Cc1csc(-c2ccccc2)n1. The van der Waals surface area contributed by atoms with E-state index < -0.39 is 0 Å². The molecule has 2 aromatic rings. The number of nitrogens with one attached hydrogen (secondary N) is 1. The van der Waals surface area contributed by atoms with Crippen molar-refractivity contribution in [2.24, 2.45) is 0 Å². The Morgan fingerprint density at radius 1 is 1.37 bits per heavy atom. The summed E-state index contributed by atoms with van der Waals surface area (Å²) in [5.74, 6) is 0. The second-order valence-corrected chi connectivity index (χ2v) is 5.89. The van der Waals surface area contributed by atoms with Crippen molar-refractivity contribution in [3.63, 3.8) is 0 Å². The van der Waals surface area contributed by atoms with Gasteiger partial charge in [-0.15, -0.1) is 11.3 Å². The van der Waals surface area contributed by atoms with Crippen LogP contribution in [0.15, 0.2) is 35.7 Å². The lowest BCUT2D eigenvalue weighted by atomic mass is 10.2. The van der Waals surface area contributed by atoms with Crippen LogP contribution in [0.25, 0.3) is 10.6 Å². The van der Waals surface area contributed by atoms with Gasteiger partial charge in [-0.05, 0) is 6.92 Å². The third kappa shape index (κ3) is 3.03. The maximum absolute atomic E-state index is 4.77. The largest absolute Gasteiger partial charge is 0.314 e. The minimum Gasteiger partial charge on any atom is -0.314 e. The molecule has 0 unspecified atom stereocenters. The molecule has 2 heterocycles. The minimum absolute atomic E-state index is 0.593. The van der Waals surface area contributed by atoms with E-state index >= 15 is 0 Å². The summed E-state index contributed by atoms with van der Waals surface area (Å²) >= 11 is 1.74. The van der Waals surface area contributed by atoms with Gasteiger partial charge in [0, 0.05) is 43.2 Å². The van der Waals surface area contributed by atoms with E-state index in [9.17, 15) is 0 Å². The Hall–Kier alpha value is -1.23. The van der Waals surface area contributed by atoms with E-state index in [2.05, 4.69) is 46.8 Å². The van der Waals surface area contributed by atoms with Gasteiger partial charge in [0.2, 0.25) is 0 Å². The van der Waals surface area contributed by atoms with Crippen molar-refractivity contribution >= 4 is 11.3 Å². The Morgan fingerprint density at radius 2 is 2.21 bits per heavy atom. The highest BCUT2D eigenvalue weighted by Gasteiger charge is 2.18. The zero-order chi connectivity index (χ0) is 13.1. The maximum Gasteiger partial charge on any atom is 0.123 e. The van der Waals surface area contributed by atoms with E-state index in [4.69, 9.17) is 4.98 Å². The number of rotatable bonds is 3. The van der Waals surface area contributed by atoms with Crippen molar-refractivity contribution in [1.82, 2.24) is 15.2 Å². The third-order valence-electron chi connectivity index (χ3n) is 3.58. The first kappa shape index (κ1) is 12.8. The molecule has 1 aromatic heterocycles. The highest BCUT2D eigenvalue weighted by Crippen LogP contribution is 2.24. The molecule has 1 aliphatic heterocycles. The summed E-state index contributed by atoms with van der Waals surface area (Å²) in [6.45, 7) is 6.51. The van der Waals surface area contributed by atoms with E-state index in [1.165, 1.54) is 11.3 Å². The maximum atomic E-state index is 4.77. The molecule has 0 amide bonds. The fourth-order valence-corrected chi connectivity index (χ4v) is 3.24. The van der Waals surface area contributed by atoms with Gasteiger partial charge >= 0.3 is 0 Å². The van der Waals surface area contributed by atoms with Crippen molar-refractivity contribution in [3.05, 3.63) is 41.4 Å². The van der Waals surface area contributed by atoms with Gasteiger partial charge in [-0.25, -0.2) is 4.98 Å². The summed E-state index contributed by atoms with van der Waals surface area (Å²) < 4.78 is 0. The molecular weight excluding hydrogens is 254 g/mol. The molecule has 3 nitrogen and oxygen atoms in total. The number of piperazine rings is 1. The van der Waals surface area contributed by atoms with Crippen LogP contribution in [0.1, 0.15) is 12.6 Å². The highest BCUT2D eigenvalue weighted by molar-refractivity contribution is 7.13. The smallest absolute Gasteiger partial charge is 0.123 e. The van der Waals surface area contributed by atoms with Crippen molar-refractivity contribution in [1.29, 1.82) is 0 Å². The van der Waals surface area contributed by atoms with Crippen LogP contribution in [0.2, 0.25) is 0 Å². The Balaban J connectivity index is 1.71. The summed E-state index contributed by atoms with van der Waals surface area (Å²) in [7, 11) is 0. The van der Waals surface area contributed by atoms with Crippen LogP contribution in [0.3, 0.4) is 0 Å². The van der Waals surface area contributed by atoms with E-state index in [-0.39, 0.29) is 0 Å². The van der Waals surface area contributed by atoms with Crippen LogP contribution in [0.5, 0.6) is 0 Å². The topological polar surface area (TPSA) is 28.2 Å². The molecule has 4 heteroatoms. The average Bonchev–Trinajstić information content (AvgIpc) is 2.91. The number of benzene rings is 1. The van der Waals surface area contributed by atoms with Gasteiger partial charge in [-0.3, -0.25) is 4.90 Å². The molecule has 0 radical (unpaired) electrons. The van der Waals surface area contributed by atoms with E-state index in [1.807, 2.05) is 6.07 Å². The zero-order valence-corrected chi connectivity index (χ0v) is 12.0. The van der Waals surface area contributed by atoms with Gasteiger partial charge in [0.15, 0.2) is 0 Å². The summed E-state index contributed by atoms with van der Waals surface area (Å²) in [6.07, 6.45) is 0. The van der Waals surface area contributed by atoms with E-state index in [0.29, 0.717) is 6.04 Å². The summed E-state index contributed by atoms with van der Waals surface area (Å²) in [6, 6.07) is 11.0. The molecule has 0 spiro atoms. The molecule has 1 aliphatic rings. The molecule has 1 fully saturated rings. The standard InChI is InChI=1S/C15H19N3S/c1-12-9-16-7-8-18(12)10-14-11-19-15(17-14)13-5-3-2-4-6-13/h2-6,11-12,16H,7-10H2,1H3/t12-/m0/s1. The van der Waals surface area contributed by atoms with Crippen LogP contribution in [-0.4, -0.2) is 35.6 Å². The molecule has 100 valence electrons. The normalized spacial score (nSPS) is 20.6. The molecule has 0 saturated carbocycles. The lowest BCUT2D eigenvalue weighted by Crippen LogP contribution is -2.49. The molecular formula is C15H19N3S. The molecule has 1 N–H and O–H groups in total. The highest BCUT2D eigenvalue weighted by atomic mass is 32.1. The zero-order valence-electron chi connectivity index (χ0n) is 11.2. The first-order valence-corrected chi connectivity index (χ1v) is 7.65. The Bertz CT molecular complexity index is 523. The first-order chi connectivity index (χ1) is 9.33. The van der Waals surface area contributed by atoms with Gasteiger partial charge in [-0.2, -0.15) is 0 Å². The van der Waals surface area contributed by atoms with Gasteiger partial charge in [0.1, 0.15) is 5.01 Å². The van der Waals surface area contributed by atoms with Crippen molar-refractivity contribution in [3.8, 4) is 10.6 Å². The second-order valence-electron chi connectivity index (χ2n) is 5.03. The van der Waals surface area contributed by atoms with Crippen LogP contribution in [0.4, 0.5) is 0 Å². The number of thiazole rings is 1. The number of hydrogen-bond donors (Lipinski definition) is 1. The molecule has 1 aromatic carbocycles. The molecule has 0 aliphatic carbocycles. The van der Waals surface area contributed by atoms with Crippen LogP contribution >= 0.6 is 11.3 Å². The fourth-order valence-electron chi connectivity index (χ4n) is 2.42. The van der Waals surface area contributed by atoms with Crippen LogP contribution in [-0.2, 0) is 6.54 Å². The monoisotopic (exact) mass is 273 g/mol. The molecule has 1 atom stereocenters. The second kappa shape index (κ2) is 5.82. The van der Waals surface area contributed by atoms with Crippen molar-refractivity contribution in [2.75, 3.05) is 19.6 Å². The predicted molar refractivity (Wildman–Crippen MR) is 80.3 cm³/mol. The molecule has 19 heavy (non-hydrogen) atoms. The van der Waals surface area contributed by atoms with E-state index in [1.54, 1.807) is 11.3 Å². The minimum atomic E-state index is 0.593. The predicted octanol–water partition coefficient (Wildman–Crippen LogP) is 2.60. The third-order valence-corrected chi connectivity index (χ3v) is 4.52. The summed E-state index contributed by atoms with van der Waals surface area (Å²) in [4.78, 5) is 7.27. The Labute approximate surface area is 118 Å².